The molecule has 0 fully saturated rings. The van der Waals surface area contributed by atoms with Gasteiger partial charge in [-0.15, -0.1) is 0 Å². The summed E-state index contributed by atoms with van der Waals surface area (Å²) in [5.41, 5.74) is 13.2. The minimum absolute atomic E-state index is 0.187. The van der Waals surface area contributed by atoms with E-state index in [1.807, 2.05) is 109 Å². The molecule has 4 N–H and O–H groups in total. The van der Waals surface area contributed by atoms with Crippen LogP contribution in [-0.4, -0.2) is 40.1 Å². The molecule has 0 saturated carbocycles. The predicted molar refractivity (Wildman–Crippen MR) is 200 cm³/mol. The van der Waals surface area contributed by atoms with Gasteiger partial charge in [0.2, 0.25) is 0 Å². The fourth-order valence-electron chi connectivity index (χ4n) is 6.63. The lowest BCUT2D eigenvalue weighted by atomic mass is 10.0. The van der Waals surface area contributed by atoms with Crippen LogP contribution in [0.4, 0.5) is 0 Å². The Bertz CT molecular complexity index is 2450. The van der Waals surface area contributed by atoms with Gasteiger partial charge in [-0.1, -0.05) is 36.4 Å². The zero-order valence-electron chi connectivity index (χ0n) is 26.5. The van der Waals surface area contributed by atoms with Crippen molar-refractivity contribution in [3.05, 3.63) is 144 Å². The number of H-pyrrole nitrogens is 2. The standard InChI is InChI=1S/C42H28N6O2/c49-27-11-7-25(8-12-27)39-31-15-19-35(45-31)41(29-5-1-3-23-43-29)36-20-16-32(46-36)40(26-9-13-28(50)14-10-26)34-18-22-38(48-34)42(30-6-2-4-24-44-30)37-21-17-33(39)47-37/h1-24,45,48-50H. The molecule has 238 valence electrons. The van der Waals surface area contributed by atoms with Crippen LogP contribution in [0.2, 0.25) is 0 Å². The minimum atomic E-state index is 0.187. The highest BCUT2D eigenvalue weighted by molar-refractivity contribution is 5.99. The van der Waals surface area contributed by atoms with E-state index in [-0.39, 0.29) is 11.5 Å². The van der Waals surface area contributed by atoms with Crippen molar-refractivity contribution in [3.8, 4) is 56.3 Å². The Kier molecular flexibility index (Phi) is 6.91. The smallest absolute Gasteiger partial charge is 0.115 e. The summed E-state index contributed by atoms with van der Waals surface area (Å²) in [5.74, 6) is 0.373. The number of pyridine rings is 2. The van der Waals surface area contributed by atoms with Gasteiger partial charge < -0.3 is 20.2 Å². The van der Waals surface area contributed by atoms with E-state index in [0.29, 0.717) is 0 Å². The van der Waals surface area contributed by atoms with Crippen molar-refractivity contribution >= 4 is 46.4 Å². The lowest BCUT2D eigenvalue weighted by Crippen LogP contribution is -1.91. The lowest BCUT2D eigenvalue weighted by molar-refractivity contribution is 0.475. The molecule has 0 unspecified atom stereocenters. The molecule has 7 heterocycles. The molecule has 2 aliphatic rings. The van der Waals surface area contributed by atoms with Gasteiger partial charge in [-0.3, -0.25) is 9.97 Å². The normalized spacial score (nSPS) is 12.0. The first-order valence-corrected chi connectivity index (χ1v) is 16.2. The topological polar surface area (TPSA) is 124 Å². The van der Waals surface area contributed by atoms with Gasteiger partial charge in [0.1, 0.15) is 11.5 Å². The van der Waals surface area contributed by atoms with Crippen LogP contribution in [0.1, 0.15) is 22.8 Å². The molecule has 50 heavy (non-hydrogen) atoms. The number of aromatic hydroxyl groups is 2. The highest BCUT2D eigenvalue weighted by Gasteiger charge is 2.19. The molecule has 0 saturated heterocycles. The van der Waals surface area contributed by atoms with Gasteiger partial charge in [0, 0.05) is 45.7 Å². The number of aromatic amines is 2. The van der Waals surface area contributed by atoms with Crippen molar-refractivity contribution in [3.63, 3.8) is 0 Å². The van der Waals surface area contributed by atoms with Crippen molar-refractivity contribution in [2.45, 2.75) is 0 Å². The molecule has 9 rings (SSSR count). The largest absolute Gasteiger partial charge is 0.508 e. The van der Waals surface area contributed by atoms with E-state index >= 15 is 0 Å². The molecule has 8 heteroatoms. The third-order valence-corrected chi connectivity index (χ3v) is 8.91. The van der Waals surface area contributed by atoms with Crippen molar-refractivity contribution in [1.29, 1.82) is 0 Å². The number of rotatable bonds is 4. The van der Waals surface area contributed by atoms with Gasteiger partial charge in [0.25, 0.3) is 0 Å². The summed E-state index contributed by atoms with van der Waals surface area (Å²) < 4.78 is 0. The van der Waals surface area contributed by atoms with Crippen LogP contribution in [0.15, 0.2) is 122 Å². The van der Waals surface area contributed by atoms with Gasteiger partial charge in [0.15, 0.2) is 0 Å². The van der Waals surface area contributed by atoms with E-state index < -0.39 is 0 Å². The Labute approximate surface area is 286 Å². The van der Waals surface area contributed by atoms with E-state index in [1.54, 1.807) is 36.7 Å². The summed E-state index contributed by atoms with van der Waals surface area (Å²) in [5, 5.41) is 20.3. The van der Waals surface area contributed by atoms with Gasteiger partial charge in [-0.2, -0.15) is 0 Å². The van der Waals surface area contributed by atoms with E-state index in [0.717, 1.165) is 89.6 Å². The monoisotopic (exact) mass is 648 g/mol. The number of phenols is 2. The maximum Gasteiger partial charge on any atom is 0.115 e. The van der Waals surface area contributed by atoms with Crippen LogP contribution in [0.3, 0.4) is 0 Å². The number of fused-ring (bicyclic) bond motifs is 8. The average molecular weight is 649 g/mol. The molecule has 5 aromatic heterocycles. The van der Waals surface area contributed by atoms with Crippen LogP contribution in [0.5, 0.6) is 11.5 Å². The summed E-state index contributed by atoms with van der Waals surface area (Å²) in [6.45, 7) is 0. The number of benzene rings is 2. The van der Waals surface area contributed by atoms with Crippen LogP contribution in [0.25, 0.3) is 91.1 Å². The predicted octanol–water partition coefficient (Wildman–Crippen LogP) is 9.52. The molecule has 0 radical (unpaired) electrons. The molecule has 2 aromatic carbocycles. The molecule has 0 amide bonds. The molecule has 0 spiro atoms. The van der Waals surface area contributed by atoms with Gasteiger partial charge in [0.05, 0.1) is 45.2 Å². The Morgan fingerprint density at radius 1 is 0.380 bits per heavy atom. The molecular weight excluding hydrogens is 621 g/mol. The average Bonchev–Trinajstić information content (AvgIpc) is 3.98. The Morgan fingerprint density at radius 3 is 1.10 bits per heavy atom. The summed E-state index contributed by atoms with van der Waals surface area (Å²) in [7, 11) is 0. The third-order valence-electron chi connectivity index (χ3n) is 8.91. The highest BCUT2D eigenvalue weighted by atomic mass is 16.3. The SMILES string of the molecule is Oc1ccc(-c2c3nc(c(-c4ccccn4)c4ccc([nH]4)c(-c4ccc(O)cc4)c4nc(c(-c5ccccn5)c5ccc2[nH]5)C=C4)C=C3)cc1. The van der Waals surface area contributed by atoms with E-state index in [2.05, 4.69) is 9.97 Å². The van der Waals surface area contributed by atoms with E-state index in [1.165, 1.54) is 0 Å². The first kappa shape index (κ1) is 29.1. The van der Waals surface area contributed by atoms with Gasteiger partial charge in [-0.25, -0.2) is 9.97 Å². The number of nitrogens with zero attached hydrogens (tertiary/aromatic N) is 4. The number of nitrogens with one attached hydrogen (secondary N) is 2. The number of hydrogen-bond donors (Lipinski definition) is 4. The van der Waals surface area contributed by atoms with Crippen molar-refractivity contribution < 1.29 is 10.2 Å². The van der Waals surface area contributed by atoms with Crippen molar-refractivity contribution in [1.82, 2.24) is 29.9 Å². The number of phenolic OH excluding ortho intramolecular Hbond substituents is 2. The number of hydrogen-bond acceptors (Lipinski definition) is 6. The van der Waals surface area contributed by atoms with Gasteiger partial charge in [-0.05, 0) is 108 Å². The third kappa shape index (κ3) is 5.12. The molecule has 8 nitrogen and oxygen atoms in total. The summed E-state index contributed by atoms with van der Waals surface area (Å²) in [6, 6.07) is 34.2. The number of aromatic nitrogens is 6. The molecule has 7 aromatic rings. The fraction of sp³-hybridized carbons (Fsp3) is 0. The lowest BCUT2D eigenvalue weighted by Gasteiger charge is -2.06. The summed E-state index contributed by atoms with van der Waals surface area (Å²) in [6.07, 6.45) is 11.6. The molecule has 8 bridgehead atoms. The van der Waals surface area contributed by atoms with Crippen LogP contribution in [0, 0.1) is 0 Å². The first-order valence-electron chi connectivity index (χ1n) is 16.2. The van der Waals surface area contributed by atoms with Crippen molar-refractivity contribution in [2.24, 2.45) is 0 Å². The first-order chi connectivity index (χ1) is 24.6. The van der Waals surface area contributed by atoms with Crippen LogP contribution >= 0.6 is 0 Å². The Morgan fingerprint density at radius 2 is 0.740 bits per heavy atom. The maximum atomic E-state index is 10.2. The van der Waals surface area contributed by atoms with Crippen LogP contribution in [-0.2, 0) is 0 Å². The maximum absolute atomic E-state index is 10.2. The second-order valence-electron chi connectivity index (χ2n) is 12.0. The quantitative estimate of drug-likeness (QED) is 0.151. The Hall–Kier alpha value is -7.06. The van der Waals surface area contributed by atoms with Gasteiger partial charge >= 0.3 is 0 Å². The molecular formula is C42H28N6O2. The summed E-state index contributed by atoms with van der Waals surface area (Å²) in [4.78, 5) is 27.3. The van der Waals surface area contributed by atoms with E-state index in [9.17, 15) is 10.2 Å². The molecule has 0 atom stereocenters. The minimum Gasteiger partial charge on any atom is -0.508 e. The highest BCUT2D eigenvalue weighted by Crippen LogP contribution is 2.38. The summed E-state index contributed by atoms with van der Waals surface area (Å²) >= 11 is 0. The Balaban J connectivity index is 1.47. The second-order valence-corrected chi connectivity index (χ2v) is 12.0. The zero-order chi connectivity index (χ0) is 33.6. The molecule has 2 aliphatic heterocycles. The zero-order valence-corrected chi connectivity index (χ0v) is 26.5. The fourth-order valence-corrected chi connectivity index (χ4v) is 6.63. The van der Waals surface area contributed by atoms with E-state index in [4.69, 9.17) is 19.9 Å². The van der Waals surface area contributed by atoms with Crippen LogP contribution < -0.4 is 0 Å². The second kappa shape index (κ2) is 11.9. The van der Waals surface area contributed by atoms with Crippen molar-refractivity contribution in [2.75, 3.05) is 0 Å². The molecule has 0 aliphatic carbocycles.